The van der Waals surface area contributed by atoms with Crippen LogP contribution in [0.1, 0.15) is 12.6 Å². The standard InChI is InChI=1S/C7H11N2/c1-6(2)3-7-4-8-5-9-7/h4-6H,1,3H2,2H3,(H,8,9). The van der Waals surface area contributed by atoms with Crippen molar-refractivity contribution >= 4 is 0 Å². The lowest BCUT2D eigenvalue weighted by molar-refractivity contribution is 0.706. The van der Waals surface area contributed by atoms with Gasteiger partial charge in [0.1, 0.15) is 0 Å². The lowest BCUT2D eigenvalue weighted by atomic mass is 10.1. The van der Waals surface area contributed by atoms with Crippen LogP contribution in [0.5, 0.6) is 0 Å². The summed E-state index contributed by atoms with van der Waals surface area (Å²) in [5.74, 6) is 0.463. The molecule has 0 spiro atoms. The van der Waals surface area contributed by atoms with Crippen molar-refractivity contribution in [2.75, 3.05) is 0 Å². The summed E-state index contributed by atoms with van der Waals surface area (Å²) in [7, 11) is 0. The average Bonchev–Trinajstić information content (AvgIpc) is 2.15. The number of nitrogens with one attached hydrogen (secondary N) is 1. The molecular formula is C7H11N2. The summed E-state index contributed by atoms with van der Waals surface area (Å²) in [6.45, 7) is 5.95. The van der Waals surface area contributed by atoms with Gasteiger partial charge in [0.2, 0.25) is 0 Å². The normalized spacial score (nSPS) is 10.6. The number of hydrogen-bond acceptors (Lipinski definition) is 1. The van der Waals surface area contributed by atoms with Crippen molar-refractivity contribution in [3.63, 3.8) is 0 Å². The number of aromatic nitrogens is 2. The molecule has 0 aromatic carbocycles. The number of aromatic amines is 1. The first-order valence-corrected chi connectivity index (χ1v) is 3.09. The van der Waals surface area contributed by atoms with Crippen molar-refractivity contribution < 1.29 is 0 Å². The molecule has 49 valence electrons. The maximum Gasteiger partial charge on any atom is 0.0921 e. The molecule has 0 bridgehead atoms. The zero-order chi connectivity index (χ0) is 6.69. The van der Waals surface area contributed by atoms with Gasteiger partial charge in [-0.25, -0.2) is 4.98 Å². The second-order valence-corrected chi connectivity index (χ2v) is 2.39. The third-order valence-corrected chi connectivity index (χ3v) is 1.12. The Kier molecular flexibility index (Phi) is 1.88. The lowest BCUT2D eigenvalue weighted by Gasteiger charge is -1.98. The van der Waals surface area contributed by atoms with Gasteiger partial charge < -0.3 is 4.98 Å². The summed E-state index contributed by atoms with van der Waals surface area (Å²) < 4.78 is 0. The van der Waals surface area contributed by atoms with Crippen molar-refractivity contribution in [2.45, 2.75) is 13.3 Å². The molecule has 0 saturated heterocycles. The Labute approximate surface area is 55.3 Å². The Morgan fingerprint density at radius 3 is 3.11 bits per heavy atom. The van der Waals surface area contributed by atoms with Crippen molar-refractivity contribution in [2.24, 2.45) is 5.92 Å². The van der Waals surface area contributed by atoms with Gasteiger partial charge >= 0.3 is 0 Å². The zero-order valence-electron chi connectivity index (χ0n) is 5.59. The van der Waals surface area contributed by atoms with Crippen LogP contribution in [0.15, 0.2) is 12.5 Å². The van der Waals surface area contributed by atoms with Crippen LogP contribution < -0.4 is 0 Å². The molecule has 0 aliphatic carbocycles. The van der Waals surface area contributed by atoms with E-state index in [1.165, 1.54) is 0 Å². The minimum absolute atomic E-state index is 0.463. The van der Waals surface area contributed by atoms with E-state index >= 15 is 0 Å². The molecule has 2 heteroatoms. The van der Waals surface area contributed by atoms with E-state index in [0.717, 1.165) is 12.1 Å². The highest BCUT2D eigenvalue weighted by Crippen LogP contribution is 2.01. The minimum Gasteiger partial charge on any atom is -0.348 e. The third-order valence-electron chi connectivity index (χ3n) is 1.12. The predicted octanol–water partition coefficient (Wildman–Crippen LogP) is 1.42. The summed E-state index contributed by atoms with van der Waals surface area (Å²) in [6.07, 6.45) is 4.51. The minimum atomic E-state index is 0.463. The molecule has 9 heavy (non-hydrogen) atoms. The predicted molar refractivity (Wildman–Crippen MR) is 36.8 cm³/mol. The first kappa shape index (κ1) is 6.33. The number of H-pyrrole nitrogens is 1. The van der Waals surface area contributed by atoms with E-state index in [4.69, 9.17) is 0 Å². The summed E-state index contributed by atoms with van der Waals surface area (Å²) in [4.78, 5) is 6.91. The molecule has 0 saturated carbocycles. The molecular weight excluding hydrogens is 112 g/mol. The molecule has 1 atom stereocenters. The average molecular weight is 123 g/mol. The quantitative estimate of drug-likeness (QED) is 0.633. The van der Waals surface area contributed by atoms with E-state index in [0.29, 0.717) is 5.92 Å². The van der Waals surface area contributed by atoms with E-state index in [1.54, 1.807) is 6.33 Å². The van der Waals surface area contributed by atoms with Gasteiger partial charge in [0.25, 0.3) is 0 Å². The van der Waals surface area contributed by atoms with Crippen LogP contribution in [-0.2, 0) is 6.42 Å². The molecule has 1 heterocycles. The topological polar surface area (TPSA) is 28.7 Å². The Hall–Kier alpha value is -0.790. The molecule has 0 amide bonds. The molecule has 0 fully saturated rings. The molecule has 2 nitrogen and oxygen atoms in total. The fourth-order valence-corrected chi connectivity index (χ4v) is 0.772. The maximum atomic E-state index is 3.89. The van der Waals surface area contributed by atoms with Gasteiger partial charge in [-0.2, -0.15) is 0 Å². The molecule has 1 aromatic heterocycles. The fraction of sp³-hybridized carbons (Fsp3) is 0.429. The molecule has 0 aliphatic heterocycles. The van der Waals surface area contributed by atoms with E-state index in [-0.39, 0.29) is 0 Å². The van der Waals surface area contributed by atoms with E-state index in [9.17, 15) is 0 Å². The van der Waals surface area contributed by atoms with Gasteiger partial charge in [-0.15, -0.1) is 0 Å². The Balaban J connectivity index is 2.48. The molecule has 1 rings (SSSR count). The van der Waals surface area contributed by atoms with Crippen LogP contribution in [0.2, 0.25) is 0 Å². The van der Waals surface area contributed by atoms with E-state index in [1.807, 2.05) is 6.20 Å². The number of rotatable bonds is 2. The van der Waals surface area contributed by atoms with Gasteiger partial charge in [0, 0.05) is 11.9 Å². The molecule has 1 radical (unpaired) electrons. The smallest absolute Gasteiger partial charge is 0.0921 e. The molecule has 1 aromatic rings. The molecule has 1 N–H and O–H groups in total. The SMILES string of the molecule is [CH2]C(C)Cc1cnc[nH]1. The van der Waals surface area contributed by atoms with Crippen molar-refractivity contribution in [3.8, 4) is 0 Å². The van der Waals surface area contributed by atoms with Crippen molar-refractivity contribution in [1.82, 2.24) is 9.97 Å². The summed E-state index contributed by atoms with van der Waals surface area (Å²) in [5, 5.41) is 0. The zero-order valence-corrected chi connectivity index (χ0v) is 5.59. The second kappa shape index (κ2) is 2.67. The second-order valence-electron chi connectivity index (χ2n) is 2.39. The molecule has 0 aliphatic rings. The van der Waals surface area contributed by atoms with Gasteiger partial charge in [0.05, 0.1) is 6.33 Å². The number of hydrogen-bond donors (Lipinski definition) is 1. The van der Waals surface area contributed by atoms with Gasteiger partial charge in [-0.1, -0.05) is 13.8 Å². The van der Waals surface area contributed by atoms with Crippen LogP contribution in [0, 0.1) is 12.8 Å². The van der Waals surface area contributed by atoms with Crippen molar-refractivity contribution in [3.05, 3.63) is 25.1 Å². The van der Waals surface area contributed by atoms with Gasteiger partial charge in [0.15, 0.2) is 0 Å². The van der Waals surface area contributed by atoms with Crippen LogP contribution >= 0.6 is 0 Å². The Morgan fingerprint density at radius 1 is 1.89 bits per heavy atom. The van der Waals surface area contributed by atoms with E-state index in [2.05, 4.69) is 23.8 Å². The monoisotopic (exact) mass is 123 g/mol. The summed E-state index contributed by atoms with van der Waals surface area (Å²) in [6, 6.07) is 0. The molecule has 1 unspecified atom stereocenters. The summed E-state index contributed by atoms with van der Waals surface area (Å²) >= 11 is 0. The fourth-order valence-electron chi connectivity index (χ4n) is 0.772. The number of imidazole rings is 1. The van der Waals surface area contributed by atoms with Gasteiger partial charge in [-0.05, 0) is 12.3 Å². The Morgan fingerprint density at radius 2 is 2.67 bits per heavy atom. The van der Waals surface area contributed by atoms with Crippen LogP contribution in [0.25, 0.3) is 0 Å². The highest BCUT2D eigenvalue weighted by molar-refractivity contribution is 4.95. The lowest BCUT2D eigenvalue weighted by Crippen LogP contribution is -1.93. The first-order chi connectivity index (χ1) is 4.29. The van der Waals surface area contributed by atoms with E-state index < -0.39 is 0 Å². The highest BCUT2D eigenvalue weighted by Gasteiger charge is 1.96. The number of nitrogens with zero attached hydrogens (tertiary/aromatic N) is 1. The van der Waals surface area contributed by atoms with Crippen LogP contribution in [-0.4, -0.2) is 9.97 Å². The van der Waals surface area contributed by atoms with Crippen molar-refractivity contribution in [1.29, 1.82) is 0 Å². The largest absolute Gasteiger partial charge is 0.348 e. The third kappa shape index (κ3) is 1.88. The van der Waals surface area contributed by atoms with Crippen LogP contribution in [0.4, 0.5) is 0 Å². The first-order valence-electron chi connectivity index (χ1n) is 3.09. The van der Waals surface area contributed by atoms with Gasteiger partial charge in [-0.3, -0.25) is 0 Å². The highest BCUT2D eigenvalue weighted by atomic mass is 14.9. The van der Waals surface area contributed by atoms with Crippen LogP contribution in [0.3, 0.4) is 0 Å². The Bertz CT molecular complexity index is 153. The maximum absolute atomic E-state index is 3.89. The summed E-state index contributed by atoms with van der Waals surface area (Å²) in [5.41, 5.74) is 1.16.